The third-order valence-corrected chi connectivity index (χ3v) is 3.69. The van der Waals surface area contributed by atoms with Crippen LogP contribution >= 0.6 is 0 Å². The normalized spacial score (nSPS) is 11.4. The molecule has 5 heteroatoms. The molecule has 2 rings (SSSR count). The molecule has 2 aromatic carbocycles. The van der Waals surface area contributed by atoms with E-state index < -0.39 is 0 Å². The van der Waals surface area contributed by atoms with Crippen molar-refractivity contribution >= 4 is 11.6 Å². The molecule has 0 saturated carbocycles. The SMILES string of the molecule is CCC(C)NC(=O)CNc1ccc(OCCOc2ccccc2)cc1. The average molecular weight is 342 g/mol. The van der Waals surface area contributed by atoms with Crippen LogP contribution in [0, 0.1) is 0 Å². The number of carbonyl (C=O) groups excluding carboxylic acids is 1. The van der Waals surface area contributed by atoms with E-state index >= 15 is 0 Å². The lowest BCUT2D eigenvalue weighted by Crippen LogP contribution is -2.36. The summed E-state index contributed by atoms with van der Waals surface area (Å²) in [5.74, 6) is 1.60. The van der Waals surface area contributed by atoms with E-state index in [0.717, 1.165) is 23.6 Å². The first kappa shape index (κ1) is 18.6. The highest BCUT2D eigenvalue weighted by atomic mass is 16.5. The summed E-state index contributed by atoms with van der Waals surface area (Å²) in [6.07, 6.45) is 0.922. The van der Waals surface area contributed by atoms with E-state index in [0.29, 0.717) is 13.2 Å². The number of anilines is 1. The van der Waals surface area contributed by atoms with Crippen molar-refractivity contribution in [1.29, 1.82) is 0 Å². The highest BCUT2D eigenvalue weighted by molar-refractivity contribution is 5.80. The van der Waals surface area contributed by atoms with Gasteiger partial charge in [-0.2, -0.15) is 0 Å². The fourth-order valence-electron chi connectivity index (χ4n) is 2.12. The van der Waals surface area contributed by atoms with Gasteiger partial charge in [-0.05, 0) is 49.7 Å². The molecule has 1 amide bonds. The predicted molar refractivity (Wildman–Crippen MR) is 100 cm³/mol. The second-order valence-corrected chi connectivity index (χ2v) is 5.76. The van der Waals surface area contributed by atoms with E-state index in [2.05, 4.69) is 10.6 Å². The lowest BCUT2D eigenvalue weighted by Gasteiger charge is -2.13. The van der Waals surface area contributed by atoms with Crippen LogP contribution in [0.3, 0.4) is 0 Å². The van der Waals surface area contributed by atoms with Crippen molar-refractivity contribution in [2.24, 2.45) is 0 Å². The first-order chi connectivity index (χ1) is 12.2. The largest absolute Gasteiger partial charge is 0.490 e. The molecule has 2 aromatic rings. The second-order valence-electron chi connectivity index (χ2n) is 5.76. The molecule has 1 atom stereocenters. The van der Waals surface area contributed by atoms with E-state index in [1.807, 2.05) is 68.4 Å². The Morgan fingerprint density at radius 1 is 0.960 bits per heavy atom. The molecule has 25 heavy (non-hydrogen) atoms. The van der Waals surface area contributed by atoms with Gasteiger partial charge in [-0.25, -0.2) is 0 Å². The number of carbonyl (C=O) groups is 1. The lowest BCUT2D eigenvalue weighted by atomic mass is 10.2. The number of ether oxygens (including phenoxy) is 2. The molecule has 1 unspecified atom stereocenters. The summed E-state index contributed by atoms with van der Waals surface area (Å²) in [5, 5.41) is 6.02. The van der Waals surface area contributed by atoms with Gasteiger partial charge in [-0.3, -0.25) is 4.79 Å². The minimum atomic E-state index is -0.00672. The molecule has 134 valence electrons. The van der Waals surface area contributed by atoms with Gasteiger partial charge < -0.3 is 20.1 Å². The molecule has 0 radical (unpaired) electrons. The van der Waals surface area contributed by atoms with Gasteiger partial charge in [0.1, 0.15) is 24.7 Å². The topological polar surface area (TPSA) is 59.6 Å². The zero-order chi connectivity index (χ0) is 17.9. The number of nitrogens with one attached hydrogen (secondary N) is 2. The van der Waals surface area contributed by atoms with Gasteiger partial charge in [0.2, 0.25) is 5.91 Å². The summed E-state index contributed by atoms with van der Waals surface area (Å²) in [4.78, 5) is 11.7. The molecule has 0 aliphatic rings. The molecule has 0 aliphatic heterocycles. The molecule has 0 bridgehead atoms. The third kappa shape index (κ3) is 7.16. The van der Waals surface area contributed by atoms with Crippen LogP contribution in [0.5, 0.6) is 11.5 Å². The summed E-state index contributed by atoms with van der Waals surface area (Å²) in [6.45, 7) is 5.25. The van der Waals surface area contributed by atoms with Crippen LogP contribution in [0.1, 0.15) is 20.3 Å². The van der Waals surface area contributed by atoms with Crippen molar-refractivity contribution in [1.82, 2.24) is 5.32 Å². The fraction of sp³-hybridized carbons (Fsp3) is 0.350. The van der Waals surface area contributed by atoms with Crippen molar-refractivity contribution in [2.75, 3.05) is 25.1 Å². The van der Waals surface area contributed by atoms with Crippen molar-refractivity contribution in [2.45, 2.75) is 26.3 Å². The molecule has 0 aromatic heterocycles. The minimum Gasteiger partial charge on any atom is -0.490 e. The molecular weight excluding hydrogens is 316 g/mol. The Hall–Kier alpha value is -2.69. The molecule has 0 heterocycles. The van der Waals surface area contributed by atoms with Crippen LogP contribution in [-0.2, 0) is 4.79 Å². The van der Waals surface area contributed by atoms with Crippen LogP contribution in [0.15, 0.2) is 54.6 Å². The third-order valence-electron chi connectivity index (χ3n) is 3.69. The van der Waals surface area contributed by atoms with Gasteiger partial charge in [0.15, 0.2) is 0 Å². The van der Waals surface area contributed by atoms with Gasteiger partial charge in [-0.1, -0.05) is 25.1 Å². The molecule has 0 fully saturated rings. The summed E-state index contributed by atoms with van der Waals surface area (Å²) in [5.41, 5.74) is 0.882. The number of hydrogen-bond acceptors (Lipinski definition) is 4. The molecule has 0 saturated heterocycles. The van der Waals surface area contributed by atoms with E-state index in [-0.39, 0.29) is 18.5 Å². The Balaban J connectivity index is 1.66. The van der Waals surface area contributed by atoms with Crippen molar-refractivity contribution < 1.29 is 14.3 Å². The average Bonchev–Trinajstić information content (AvgIpc) is 2.65. The Bertz CT molecular complexity index is 629. The van der Waals surface area contributed by atoms with Gasteiger partial charge in [0.05, 0.1) is 6.54 Å². The van der Waals surface area contributed by atoms with E-state index in [9.17, 15) is 4.79 Å². The zero-order valence-corrected chi connectivity index (χ0v) is 14.8. The van der Waals surface area contributed by atoms with Crippen LogP contribution in [-0.4, -0.2) is 31.7 Å². The van der Waals surface area contributed by atoms with Crippen LogP contribution < -0.4 is 20.1 Å². The Labute approximate surface area is 149 Å². The van der Waals surface area contributed by atoms with E-state index in [4.69, 9.17) is 9.47 Å². The van der Waals surface area contributed by atoms with Crippen LogP contribution in [0.25, 0.3) is 0 Å². The van der Waals surface area contributed by atoms with Gasteiger partial charge in [0.25, 0.3) is 0 Å². The maximum atomic E-state index is 11.7. The first-order valence-corrected chi connectivity index (χ1v) is 8.61. The van der Waals surface area contributed by atoms with Crippen molar-refractivity contribution in [3.05, 3.63) is 54.6 Å². The molecule has 5 nitrogen and oxygen atoms in total. The van der Waals surface area contributed by atoms with Crippen molar-refractivity contribution in [3.8, 4) is 11.5 Å². The summed E-state index contributed by atoms with van der Waals surface area (Å²) in [7, 11) is 0. The molecular formula is C20H26N2O3. The number of para-hydroxylation sites is 1. The Kier molecular flexibility index (Phi) is 7.63. The zero-order valence-electron chi connectivity index (χ0n) is 14.8. The number of benzene rings is 2. The first-order valence-electron chi connectivity index (χ1n) is 8.61. The van der Waals surface area contributed by atoms with Crippen molar-refractivity contribution in [3.63, 3.8) is 0 Å². The standard InChI is InChI=1S/C20H26N2O3/c1-3-16(2)22-20(23)15-21-17-9-11-19(12-10-17)25-14-13-24-18-7-5-4-6-8-18/h4-12,16,21H,3,13-15H2,1-2H3,(H,22,23). The number of amides is 1. The quantitative estimate of drug-likeness (QED) is 0.649. The molecule has 2 N–H and O–H groups in total. The smallest absolute Gasteiger partial charge is 0.239 e. The monoisotopic (exact) mass is 342 g/mol. The summed E-state index contributed by atoms with van der Waals surface area (Å²) < 4.78 is 11.2. The maximum Gasteiger partial charge on any atom is 0.239 e. The number of hydrogen-bond donors (Lipinski definition) is 2. The van der Waals surface area contributed by atoms with Gasteiger partial charge in [0, 0.05) is 11.7 Å². The van der Waals surface area contributed by atoms with Crippen LogP contribution in [0.2, 0.25) is 0 Å². The van der Waals surface area contributed by atoms with Gasteiger partial charge >= 0.3 is 0 Å². The maximum absolute atomic E-state index is 11.7. The lowest BCUT2D eigenvalue weighted by molar-refractivity contribution is -0.120. The Morgan fingerprint density at radius 2 is 1.56 bits per heavy atom. The predicted octanol–water partition coefficient (Wildman–Crippen LogP) is 3.47. The Morgan fingerprint density at radius 3 is 2.16 bits per heavy atom. The highest BCUT2D eigenvalue weighted by Gasteiger charge is 2.05. The van der Waals surface area contributed by atoms with E-state index in [1.54, 1.807) is 0 Å². The molecule has 0 spiro atoms. The van der Waals surface area contributed by atoms with Gasteiger partial charge in [-0.15, -0.1) is 0 Å². The second kappa shape index (κ2) is 10.2. The molecule has 0 aliphatic carbocycles. The highest BCUT2D eigenvalue weighted by Crippen LogP contribution is 2.15. The summed E-state index contributed by atoms with van der Waals surface area (Å²) in [6, 6.07) is 17.4. The fourth-order valence-corrected chi connectivity index (χ4v) is 2.12. The van der Waals surface area contributed by atoms with Crippen LogP contribution in [0.4, 0.5) is 5.69 Å². The minimum absolute atomic E-state index is 0.00672. The number of rotatable bonds is 10. The van der Waals surface area contributed by atoms with E-state index in [1.165, 1.54) is 0 Å². The summed E-state index contributed by atoms with van der Waals surface area (Å²) >= 11 is 0.